The molecule has 0 aromatic rings. The van der Waals surface area contributed by atoms with Gasteiger partial charge in [-0.25, -0.2) is 0 Å². The molecule has 0 heterocycles. The minimum Gasteiger partial charge on any atom is -0.300 e. The maximum atomic E-state index is 7.34. The quantitative estimate of drug-likeness (QED) is 0.504. The Bertz CT molecular complexity index is 207. The summed E-state index contributed by atoms with van der Waals surface area (Å²) in [5.74, 6) is 0. The monoisotopic (exact) mass is 119 g/mol. The van der Waals surface area contributed by atoms with Crippen LogP contribution in [0.2, 0.25) is 0 Å². The van der Waals surface area contributed by atoms with Crippen LogP contribution in [0.1, 0.15) is 6.92 Å². The molecule has 0 bridgehead atoms. The van der Waals surface area contributed by atoms with E-state index in [0.29, 0.717) is 5.71 Å². The zero-order valence-corrected chi connectivity index (χ0v) is 5.39. The van der Waals surface area contributed by atoms with Crippen LogP contribution in [-0.2, 0) is 0 Å². The standard InChI is InChI=1S/C8H9N/c1-2-7-5-3-4-6-8(7)9/h2-6,9H,1H3/b7-2-,9-8?. The molecule has 0 atom stereocenters. The summed E-state index contributed by atoms with van der Waals surface area (Å²) in [6, 6.07) is 0. The summed E-state index contributed by atoms with van der Waals surface area (Å²) in [5.41, 5.74) is 1.59. The van der Waals surface area contributed by atoms with Crippen LogP contribution < -0.4 is 0 Å². The van der Waals surface area contributed by atoms with Gasteiger partial charge >= 0.3 is 0 Å². The number of rotatable bonds is 0. The summed E-state index contributed by atoms with van der Waals surface area (Å²) in [6.45, 7) is 1.94. The molecule has 0 radical (unpaired) electrons. The van der Waals surface area contributed by atoms with Crippen LogP contribution in [0.3, 0.4) is 0 Å². The highest BCUT2D eigenvalue weighted by molar-refractivity contribution is 6.09. The lowest BCUT2D eigenvalue weighted by molar-refractivity contribution is 1.48. The summed E-state index contributed by atoms with van der Waals surface area (Å²) in [6.07, 6.45) is 9.46. The molecular formula is C8H9N. The Morgan fingerprint density at radius 2 is 2.00 bits per heavy atom. The third-order valence-corrected chi connectivity index (χ3v) is 1.27. The fraction of sp³-hybridized carbons (Fsp3) is 0.125. The van der Waals surface area contributed by atoms with Crippen molar-refractivity contribution in [3.05, 3.63) is 36.0 Å². The first-order valence-electron chi connectivity index (χ1n) is 2.94. The van der Waals surface area contributed by atoms with Gasteiger partial charge in [0.2, 0.25) is 0 Å². The van der Waals surface area contributed by atoms with E-state index in [2.05, 4.69) is 0 Å². The Hall–Kier alpha value is -1.11. The van der Waals surface area contributed by atoms with Crippen molar-refractivity contribution in [3.8, 4) is 0 Å². The summed E-state index contributed by atoms with van der Waals surface area (Å²) in [5, 5.41) is 7.34. The molecule has 9 heavy (non-hydrogen) atoms. The molecule has 0 fully saturated rings. The van der Waals surface area contributed by atoms with Crippen LogP contribution >= 0.6 is 0 Å². The van der Waals surface area contributed by atoms with E-state index in [1.54, 1.807) is 6.08 Å². The van der Waals surface area contributed by atoms with Crippen LogP contribution in [0, 0.1) is 5.41 Å². The largest absolute Gasteiger partial charge is 0.300 e. The normalized spacial score (nSPS) is 21.4. The third-order valence-electron chi connectivity index (χ3n) is 1.27. The van der Waals surface area contributed by atoms with Crippen LogP contribution in [-0.4, -0.2) is 5.71 Å². The summed E-state index contributed by atoms with van der Waals surface area (Å²) in [4.78, 5) is 0. The van der Waals surface area contributed by atoms with Crippen molar-refractivity contribution in [2.24, 2.45) is 0 Å². The first-order valence-corrected chi connectivity index (χ1v) is 2.94. The Balaban J connectivity index is 2.91. The van der Waals surface area contributed by atoms with Gasteiger partial charge in [0, 0.05) is 0 Å². The molecule has 46 valence electrons. The van der Waals surface area contributed by atoms with Crippen LogP contribution in [0.4, 0.5) is 0 Å². The average Bonchev–Trinajstić information content (AvgIpc) is 1.89. The molecule has 1 heteroatoms. The van der Waals surface area contributed by atoms with Crippen molar-refractivity contribution in [3.63, 3.8) is 0 Å². The molecule has 0 aromatic heterocycles. The predicted molar refractivity (Wildman–Crippen MR) is 39.8 cm³/mol. The summed E-state index contributed by atoms with van der Waals surface area (Å²) < 4.78 is 0. The molecule has 1 aliphatic carbocycles. The van der Waals surface area contributed by atoms with Gasteiger partial charge in [-0.1, -0.05) is 24.3 Å². The van der Waals surface area contributed by atoms with Gasteiger partial charge < -0.3 is 5.41 Å². The van der Waals surface area contributed by atoms with Crippen molar-refractivity contribution in [2.75, 3.05) is 0 Å². The van der Waals surface area contributed by atoms with Gasteiger partial charge in [0.15, 0.2) is 0 Å². The van der Waals surface area contributed by atoms with Crippen LogP contribution in [0.15, 0.2) is 36.0 Å². The van der Waals surface area contributed by atoms with Crippen LogP contribution in [0.5, 0.6) is 0 Å². The summed E-state index contributed by atoms with van der Waals surface area (Å²) >= 11 is 0. The molecule has 1 aliphatic rings. The molecule has 0 saturated heterocycles. The number of nitrogens with one attached hydrogen (secondary N) is 1. The zero-order valence-electron chi connectivity index (χ0n) is 5.39. The number of allylic oxidation sites excluding steroid dienone is 6. The lowest BCUT2D eigenvalue weighted by Gasteiger charge is -2.00. The number of hydrogen-bond donors (Lipinski definition) is 1. The highest BCUT2D eigenvalue weighted by Crippen LogP contribution is 2.05. The minimum atomic E-state index is 0.597. The van der Waals surface area contributed by atoms with E-state index < -0.39 is 0 Å². The highest BCUT2D eigenvalue weighted by Gasteiger charge is 1.96. The van der Waals surface area contributed by atoms with Crippen LogP contribution in [0.25, 0.3) is 0 Å². The molecule has 0 spiro atoms. The molecule has 0 unspecified atom stereocenters. The fourth-order valence-electron chi connectivity index (χ4n) is 0.749. The second-order valence-corrected chi connectivity index (χ2v) is 1.88. The minimum absolute atomic E-state index is 0.597. The SMILES string of the molecule is C/C=C1/C=CC=CC1=N. The first kappa shape index (κ1) is 6.02. The van der Waals surface area contributed by atoms with Crippen molar-refractivity contribution >= 4 is 5.71 Å². The fourth-order valence-corrected chi connectivity index (χ4v) is 0.749. The van der Waals surface area contributed by atoms with E-state index in [0.717, 1.165) is 5.57 Å². The number of hydrogen-bond acceptors (Lipinski definition) is 1. The molecule has 0 aliphatic heterocycles. The molecule has 0 saturated carbocycles. The molecule has 0 aromatic carbocycles. The van der Waals surface area contributed by atoms with Gasteiger partial charge in [0.25, 0.3) is 0 Å². The molecule has 0 amide bonds. The smallest absolute Gasteiger partial charge is 0.0608 e. The molecular weight excluding hydrogens is 110 g/mol. The average molecular weight is 119 g/mol. The lowest BCUT2D eigenvalue weighted by Crippen LogP contribution is -1.95. The Labute approximate surface area is 54.9 Å². The Kier molecular flexibility index (Phi) is 1.63. The van der Waals surface area contributed by atoms with Crippen molar-refractivity contribution in [1.82, 2.24) is 0 Å². The van der Waals surface area contributed by atoms with Gasteiger partial charge in [-0.05, 0) is 18.6 Å². The van der Waals surface area contributed by atoms with Crippen molar-refractivity contribution in [1.29, 1.82) is 5.41 Å². The van der Waals surface area contributed by atoms with E-state index in [1.807, 2.05) is 31.2 Å². The van der Waals surface area contributed by atoms with Gasteiger partial charge in [0.05, 0.1) is 5.71 Å². The summed E-state index contributed by atoms with van der Waals surface area (Å²) in [7, 11) is 0. The van der Waals surface area contributed by atoms with E-state index in [9.17, 15) is 0 Å². The molecule has 1 rings (SSSR count). The second-order valence-electron chi connectivity index (χ2n) is 1.88. The molecule has 1 nitrogen and oxygen atoms in total. The van der Waals surface area contributed by atoms with E-state index in [1.165, 1.54) is 0 Å². The Morgan fingerprint density at radius 3 is 2.44 bits per heavy atom. The van der Waals surface area contributed by atoms with Crippen molar-refractivity contribution < 1.29 is 0 Å². The maximum absolute atomic E-state index is 7.34. The topological polar surface area (TPSA) is 23.9 Å². The van der Waals surface area contributed by atoms with Crippen molar-refractivity contribution in [2.45, 2.75) is 6.92 Å². The predicted octanol–water partition coefficient (Wildman–Crippen LogP) is 2.08. The second kappa shape index (κ2) is 2.44. The first-order chi connectivity index (χ1) is 4.34. The van der Waals surface area contributed by atoms with Gasteiger partial charge in [0.1, 0.15) is 0 Å². The van der Waals surface area contributed by atoms with Gasteiger partial charge in [-0.15, -0.1) is 0 Å². The lowest BCUT2D eigenvalue weighted by atomic mass is 10.1. The Morgan fingerprint density at radius 1 is 1.33 bits per heavy atom. The van der Waals surface area contributed by atoms with E-state index >= 15 is 0 Å². The maximum Gasteiger partial charge on any atom is 0.0608 e. The highest BCUT2D eigenvalue weighted by atomic mass is 14.4. The zero-order chi connectivity index (χ0) is 6.69. The van der Waals surface area contributed by atoms with Gasteiger partial charge in [-0.2, -0.15) is 0 Å². The van der Waals surface area contributed by atoms with E-state index in [4.69, 9.17) is 5.41 Å². The molecule has 1 N–H and O–H groups in total. The third kappa shape index (κ3) is 1.17. The van der Waals surface area contributed by atoms with Gasteiger partial charge in [-0.3, -0.25) is 0 Å². The van der Waals surface area contributed by atoms with E-state index in [-0.39, 0.29) is 0 Å².